The van der Waals surface area contributed by atoms with Gasteiger partial charge in [0.05, 0.1) is 11.5 Å². The van der Waals surface area contributed by atoms with Gasteiger partial charge >= 0.3 is 5.97 Å². The summed E-state index contributed by atoms with van der Waals surface area (Å²) in [4.78, 5) is 25.8. The lowest BCUT2D eigenvalue weighted by Gasteiger charge is -2.37. The normalized spacial score (nSPS) is 35.3. The second-order valence-corrected chi connectivity index (χ2v) is 7.30. The van der Waals surface area contributed by atoms with Gasteiger partial charge in [-0.1, -0.05) is 12.8 Å². The van der Waals surface area contributed by atoms with Crippen LogP contribution in [0.2, 0.25) is 0 Å². The molecule has 0 aromatic heterocycles. The second kappa shape index (κ2) is 5.59. The van der Waals surface area contributed by atoms with Gasteiger partial charge in [0.15, 0.2) is 0 Å². The Morgan fingerprint density at radius 3 is 2.48 bits per heavy atom. The van der Waals surface area contributed by atoms with E-state index in [0.717, 1.165) is 6.42 Å². The number of carbonyl (C=O) groups is 2. The van der Waals surface area contributed by atoms with Crippen LogP contribution in [0.5, 0.6) is 0 Å². The summed E-state index contributed by atoms with van der Waals surface area (Å²) < 4.78 is 0. The molecule has 0 bridgehead atoms. The van der Waals surface area contributed by atoms with Crippen molar-refractivity contribution in [2.45, 2.75) is 64.0 Å². The molecule has 2 saturated heterocycles. The molecule has 0 aromatic rings. The third-order valence-corrected chi connectivity index (χ3v) is 5.86. The van der Waals surface area contributed by atoms with Crippen LogP contribution in [-0.4, -0.2) is 47.1 Å². The Bertz CT molecular complexity index is 415. The van der Waals surface area contributed by atoms with Crippen LogP contribution in [0.3, 0.4) is 0 Å². The maximum absolute atomic E-state index is 12.6. The molecule has 2 N–H and O–H groups in total. The average Bonchev–Trinajstić information content (AvgIpc) is 2.91. The van der Waals surface area contributed by atoms with E-state index in [1.165, 1.54) is 25.7 Å². The molecule has 0 spiro atoms. The SMILES string of the molecule is CC1(C(=O)O)CCN(C(=O)C2CC3CCCCC3N2)CC1. The summed E-state index contributed by atoms with van der Waals surface area (Å²) in [7, 11) is 0. The summed E-state index contributed by atoms with van der Waals surface area (Å²) >= 11 is 0. The highest BCUT2D eigenvalue weighted by molar-refractivity contribution is 5.83. The molecule has 1 saturated carbocycles. The molecular formula is C16H26N2O3. The predicted octanol–water partition coefficient (Wildman–Crippen LogP) is 1.62. The van der Waals surface area contributed by atoms with Gasteiger partial charge in [-0.25, -0.2) is 0 Å². The summed E-state index contributed by atoms with van der Waals surface area (Å²) in [6.45, 7) is 2.95. The molecule has 5 nitrogen and oxygen atoms in total. The van der Waals surface area contributed by atoms with Gasteiger partial charge in [-0.3, -0.25) is 9.59 Å². The first-order valence-corrected chi connectivity index (χ1v) is 8.28. The van der Waals surface area contributed by atoms with E-state index in [9.17, 15) is 14.7 Å². The van der Waals surface area contributed by atoms with Crippen molar-refractivity contribution in [3.8, 4) is 0 Å². The van der Waals surface area contributed by atoms with Crippen LogP contribution in [0.4, 0.5) is 0 Å². The van der Waals surface area contributed by atoms with Crippen LogP contribution in [-0.2, 0) is 9.59 Å². The quantitative estimate of drug-likeness (QED) is 0.812. The maximum atomic E-state index is 12.6. The highest BCUT2D eigenvalue weighted by atomic mass is 16.4. The van der Waals surface area contributed by atoms with Crippen molar-refractivity contribution in [1.82, 2.24) is 10.2 Å². The van der Waals surface area contributed by atoms with Crippen molar-refractivity contribution in [3.63, 3.8) is 0 Å². The van der Waals surface area contributed by atoms with Crippen molar-refractivity contribution < 1.29 is 14.7 Å². The molecule has 0 radical (unpaired) electrons. The number of piperidine rings is 1. The van der Waals surface area contributed by atoms with Gasteiger partial charge in [-0.15, -0.1) is 0 Å². The third kappa shape index (κ3) is 2.80. The summed E-state index contributed by atoms with van der Waals surface area (Å²) in [5, 5.41) is 12.8. The molecule has 3 aliphatic rings. The van der Waals surface area contributed by atoms with Crippen LogP contribution in [0.1, 0.15) is 51.9 Å². The van der Waals surface area contributed by atoms with E-state index < -0.39 is 11.4 Å². The lowest BCUT2D eigenvalue weighted by atomic mass is 9.80. The minimum absolute atomic E-state index is 0.0349. The van der Waals surface area contributed by atoms with E-state index >= 15 is 0 Å². The number of hydrogen-bond donors (Lipinski definition) is 2. The molecule has 3 fully saturated rings. The molecule has 3 unspecified atom stereocenters. The summed E-state index contributed by atoms with van der Waals surface area (Å²) in [5.41, 5.74) is -0.659. The van der Waals surface area contributed by atoms with Gasteiger partial charge in [0.25, 0.3) is 0 Å². The molecule has 1 amide bonds. The molecule has 21 heavy (non-hydrogen) atoms. The number of aliphatic carboxylic acids is 1. The minimum atomic E-state index is -0.736. The molecule has 1 aliphatic carbocycles. The Balaban J connectivity index is 1.56. The molecule has 2 aliphatic heterocycles. The van der Waals surface area contributed by atoms with E-state index in [4.69, 9.17) is 0 Å². The van der Waals surface area contributed by atoms with Gasteiger partial charge in [0, 0.05) is 19.1 Å². The highest BCUT2D eigenvalue weighted by Crippen LogP contribution is 2.35. The number of carboxylic acids is 1. The van der Waals surface area contributed by atoms with Crippen LogP contribution in [0.15, 0.2) is 0 Å². The van der Waals surface area contributed by atoms with Gasteiger partial charge < -0.3 is 15.3 Å². The first-order chi connectivity index (χ1) is 9.99. The van der Waals surface area contributed by atoms with Gasteiger partial charge in [-0.05, 0) is 44.9 Å². The lowest BCUT2D eigenvalue weighted by Crippen LogP contribution is -2.51. The standard InChI is InChI=1S/C16H26N2O3/c1-16(15(20)21)6-8-18(9-7-16)14(19)13-10-11-4-2-3-5-12(11)17-13/h11-13,17H,2-10H2,1H3,(H,20,21). The van der Waals surface area contributed by atoms with Gasteiger partial charge in [0.2, 0.25) is 5.91 Å². The Kier molecular flexibility index (Phi) is 3.95. The maximum Gasteiger partial charge on any atom is 0.309 e. The Morgan fingerprint density at radius 2 is 1.86 bits per heavy atom. The van der Waals surface area contributed by atoms with E-state index in [2.05, 4.69) is 5.32 Å². The number of fused-ring (bicyclic) bond motifs is 1. The summed E-state index contributed by atoms with van der Waals surface area (Å²) in [6, 6.07) is 0.495. The number of carbonyl (C=O) groups excluding carboxylic acids is 1. The topological polar surface area (TPSA) is 69.6 Å². The third-order valence-electron chi connectivity index (χ3n) is 5.86. The molecule has 118 valence electrons. The zero-order valence-electron chi connectivity index (χ0n) is 12.8. The fourth-order valence-corrected chi connectivity index (χ4v) is 4.17. The zero-order valence-corrected chi connectivity index (χ0v) is 12.8. The molecule has 0 aromatic carbocycles. The number of hydrogen-bond acceptors (Lipinski definition) is 3. The van der Waals surface area contributed by atoms with Crippen molar-refractivity contribution in [2.24, 2.45) is 11.3 Å². The number of nitrogens with zero attached hydrogens (tertiary/aromatic N) is 1. The predicted molar refractivity (Wildman–Crippen MR) is 78.8 cm³/mol. The van der Waals surface area contributed by atoms with E-state index in [1.807, 2.05) is 4.90 Å². The van der Waals surface area contributed by atoms with Crippen LogP contribution < -0.4 is 5.32 Å². The summed E-state index contributed by atoms with van der Waals surface area (Å²) in [6.07, 6.45) is 7.11. The highest BCUT2D eigenvalue weighted by Gasteiger charge is 2.42. The molecule has 2 heterocycles. The van der Waals surface area contributed by atoms with E-state index in [-0.39, 0.29) is 11.9 Å². The number of nitrogens with one attached hydrogen (secondary N) is 1. The number of carboxylic acid groups (broad SMARTS) is 1. The van der Waals surface area contributed by atoms with Gasteiger partial charge in [-0.2, -0.15) is 0 Å². The van der Waals surface area contributed by atoms with Crippen molar-refractivity contribution in [2.75, 3.05) is 13.1 Å². The van der Waals surface area contributed by atoms with Crippen molar-refractivity contribution in [1.29, 1.82) is 0 Å². The zero-order chi connectivity index (χ0) is 15.0. The molecule has 3 atom stereocenters. The first-order valence-electron chi connectivity index (χ1n) is 8.28. The smallest absolute Gasteiger partial charge is 0.309 e. The molecule has 5 heteroatoms. The Morgan fingerprint density at radius 1 is 1.19 bits per heavy atom. The monoisotopic (exact) mass is 294 g/mol. The average molecular weight is 294 g/mol. The van der Waals surface area contributed by atoms with Gasteiger partial charge in [0.1, 0.15) is 0 Å². The van der Waals surface area contributed by atoms with Crippen molar-refractivity contribution in [3.05, 3.63) is 0 Å². The number of rotatable bonds is 2. The molecule has 3 rings (SSSR count). The summed E-state index contributed by atoms with van der Waals surface area (Å²) in [5.74, 6) is 0.123. The Hall–Kier alpha value is -1.10. The van der Waals surface area contributed by atoms with E-state index in [0.29, 0.717) is 37.9 Å². The molecular weight excluding hydrogens is 268 g/mol. The first kappa shape index (κ1) is 14.8. The number of amides is 1. The fourth-order valence-electron chi connectivity index (χ4n) is 4.17. The van der Waals surface area contributed by atoms with Crippen LogP contribution >= 0.6 is 0 Å². The largest absolute Gasteiger partial charge is 0.481 e. The van der Waals surface area contributed by atoms with Crippen LogP contribution in [0, 0.1) is 11.3 Å². The van der Waals surface area contributed by atoms with E-state index in [1.54, 1.807) is 6.92 Å². The Labute approximate surface area is 126 Å². The van der Waals surface area contributed by atoms with Crippen molar-refractivity contribution >= 4 is 11.9 Å². The minimum Gasteiger partial charge on any atom is -0.481 e. The van der Waals surface area contributed by atoms with Crippen LogP contribution in [0.25, 0.3) is 0 Å². The number of likely N-dealkylation sites (tertiary alicyclic amines) is 1. The lowest BCUT2D eigenvalue weighted by molar-refractivity contribution is -0.153. The second-order valence-electron chi connectivity index (χ2n) is 7.30. The fraction of sp³-hybridized carbons (Fsp3) is 0.875.